The Morgan fingerprint density at radius 2 is 1.72 bits per heavy atom. The Morgan fingerprint density at radius 1 is 1.00 bits per heavy atom. The van der Waals surface area contributed by atoms with Crippen molar-refractivity contribution in [3.05, 3.63) is 80.9 Å². The summed E-state index contributed by atoms with van der Waals surface area (Å²) in [6.45, 7) is 11.1. The molecule has 230 valence electrons. The molecule has 0 spiro atoms. The molecule has 0 bridgehead atoms. The maximum absolute atomic E-state index is 14.1. The molecule has 2 aromatic carbocycles. The lowest BCUT2D eigenvalue weighted by Gasteiger charge is -2.31. The van der Waals surface area contributed by atoms with Crippen molar-refractivity contribution in [1.29, 1.82) is 0 Å². The first-order chi connectivity index (χ1) is 20.2. The largest absolute Gasteiger partial charge is 0.460 e. The van der Waals surface area contributed by atoms with E-state index < -0.39 is 21.4 Å². The smallest absolute Gasteiger partial charge is 0.374 e. The van der Waals surface area contributed by atoms with E-state index in [1.165, 1.54) is 22.5 Å². The van der Waals surface area contributed by atoms with Crippen molar-refractivity contribution in [2.24, 2.45) is 5.41 Å². The summed E-state index contributed by atoms with van der Waals surface area (Å²) in [4.78, 5) is 27.5. The zero-order valence-corrected chi connectivity index (χ0v) is 28.0. The average molecular weight is 694 g/mol. The Hall–Kier alpha value is -3.28. The molecule has 12 heteroatoms. The van der Waals surface area contributed by atoms with E-state index in [9.17, 15) is 18.0 Å². The molecule has 0 fully saturated rings. The van der Waals surface area contributed by atoms with Crippen molar-refractivity contribution in [2.45, 2.75) is 59.5 Å². The van der Waals surface area contributed by atoms with Gasteiger partial charge in [-0.15, -0.1) is 0 Å². The van der Waals surface area contributed by atoms with Gasteiger partial charge in [0.05, 0.1) is 23.7 Å². The number of hydrogen-bond donors (Lipinski definition) is 0. The number of fused-ring (bicyclic) bond motifs is 1. The summed E-state index contributed by atoms with van der Waals surface area (Å²) in [7, 11) is -4.10. The zero-order valence-electron chi connectivity index (χ0n) is 24.9. The van der Waals surface area contributed by atoms with Crippen LogP contribution in [0.25, 0.3) is 11.0 Å². The van der Waals surface area contributed by atoms with Crippen molar-refractivity contribution >= 4 is 66.1 Å². The Balaban J connectivity index is 1.76. The Labute approximate surface area is 264 Å². The predicted octanol–water partition coefficient (Wildman–Crippen LogP) is 7.72. The van der Waals surface area contributed by atoms with Crippen LogP contribution in [0.15, 0.2) is 66.9 Å². The van der Waals surface area contributed by atoms with Gasteiger partial charge in [0.1, 0.15) is 11.3 Å². The van der Waals surface area contributed by atoms with Crippen LogP contribution in [0.5, 0.6) is 0 Å². The molecule has 0 aliphatic heterocycles. The van der Waals surface area contributed by atoms with E-state index in [1.807, 2.05) is 20.8 Å². The summed E-state index contributed by atoms with van der Waals surface area (Å²) >= 11 is 9.71. The first kappa shape index (κ1) is 32.6. The third-order valence-electron chi connectivity index (χ3n) is 6.82. The average Bonchev–Trinajstić information content (AvgIpc) is 3.50. The number of esters is 1. The number of amides is 1. The van der Waals surface area contributed by atoms with Gasteiger partial charge in [0.2, 0.25) is 11.7 Å². The molecule has 0 aliphatic rings. The van der Waals surface area contributed by atoms with Crippen LogP contribution in [0.3, 0.4) is 0 Å². The molecule has 9 nitrogen and oxygen atoms in total. The van der Waals surface area contributed by atoms with E-state index in [0.717, 1.165) is 0 Å². The molecular weight excluding hydrogens is 660 g/mol. The van der Waals surface area contributed by atoms with Gasteiger partial charge in [0.25, 0.3) is 10.0 Å². The van der Waals surface area contributed by atoms with Gasteiger partial charge in [-0.05, 0) is 90.8 Å². The molecule has 0 atom stereocenters. The number of carbonyl (C=O) groups excluding carboxylic acids is 2. The van der Waals surface area contributed by atoms with E-state index in [1.54, 1.807) is 56.0 Å². The minimum atomic E-state index is -4.10. The van der Waals surface area contributed by atoms with E-state index in [0.29, 0.717) is 43.2 Å². The van der Waals surface area contributed by atoms with E-state index in [-0.39, 0.29) is 42.8 Å². The fraction of sp³-hybridized carbons (Fsp3) is 0.355. The van der Waals surface area contributed by atoms with E-state index in [4.69, 9.17) is 25.2 Å². The maximum atomic E-state index is 14.1. The zero-order chi connectivity index (χ0) is 31.7. The minimum Gasteiger partial charge on any atom is -0.460 e. The number of sulfonamides is 1. The van der Waals surface area contributed by atoms with Crippen LogP contribution in [0, 0.1) is 12.3 Å². The quantitative estimate of drug-likeness (QED) is 0.157. The van der Waals surface area contributed by atoms with Crippen LogP contribution in [-0.2, 0) is 32.6 Å². The van der Waals surface area contributed by atoms with Gasteiger partial charge in [-0.1, -0.05) is 32.4 Å². The van der Waals surface area contributed by atoms with Gasteiger partial charge in [-0.2, -0.15) is 0 Å². The Morgan fingerprint density at radius 3 is 2.33 bits per heavy atom. The second kappa shape index (κ2) is 12.8. The van der Waals surface area contributed by atoms with Crippen LogP contribution in [0.4, 0.5) is 5.69 Å². The maximum Gasteiger partial charge on any atom is 0.374 e. The number of ether oxygens (including phenoxy) is 1. The number of furan rings is 2. The summed E-state index contributed by atoms with van der Waals surface area (Å²) in [5.41, 5.74) is 1.08. The normalized spacial score (nSPS) is 12.0. The lowest BCUT2D eigenvalue weighted by atomic mass is 9.94. The molecule has 0 aliphatic carbocycles. The van der Waals surface area contributed by atoms with E-state index >= 15 is 0 Å². The number of anilines is 1. The summed E-state index contributed by atoms with van der Waals surface area (Å²) in [5.74, 6) is -0.155. The van der Waals surface area contributed by atoms with E-state index in [2.05, 4.69) is 15.9 Å². The van der Waals surface area contributed by atoms with Crippen LogP contribution in [-0.4, -0.2) is 38.3 Å². The molecule has 0 radical (unpaired) electrons. The lowest BCUT2D eigenvalue weighted by Crippen LogP contribution is -2.39. The first-order valence-electron chi connectivity index (χ1n) is 13.7. The Bertz CT molecular complexity index is 1770. The minimum absolute atomic E-state index is 0.0186. The summed E-state index contributed by atoms with van der Waals surface area (Å²) in [6.07, 6.45) is 0. The van der Waals surface area contributed by atoms with Crippen molar-refractivity contribution in [1.82, 2.24) is 4.90 Å². The van der Waals surface area contributed by atoms with Crippen LogP contribution < -0.4 is 4.31 Å². The molecule has 43 heavy (non-hydrogen) atoms. The molecule has 2 aromatic heterocycles. The van der Waals surface area contributed by atoms with Gasteiger partial charge in [-0.3, -0.25) is 9.10 Å². The second-order valence-corrected chi connectivity index (χ2v) is 14.1. The fourth-order valence-electron chi connectivity index (χ4n) is 4.78. The highest BCUT2D eigenvalue weighted by Gasteiger charge is 2.31. The van der Waals surface area contributed by atoms with Gasteiger partial charge in [-0.25, -0.2) is 13.2 Å². The highest BCUT2D eigenvalue weighted by molar-refractivity contribution is 9.10. The van der Waals surface area contributed by atoms with Gasteiger partial charge >= 0.3 is 5.97 Å². The number of halogens is 2. The fourth-order valence-corrected chi connectivity index (χ4v) is 6.85. The highest BCUT2D eigenvalue weighted by Crippen LogP contribution is 2.34. The lowest BCUT2D eigenvalue weighted by molar-refractivity contribution is -0.141. The molecule has 2 heterocycles. The topological polar surface area (TPSA) is 110 Å². The standard InChI is InChI=1S/C31H34BrClN2O7S/c1-7-35(43(38,39)23-11-13-26-24(16-23)19(3)28(42-26)29(36)40-8-2)25-12-9-21(33)15-20(25)17-34(30(37)31(4,5)6)18-22-10-14-27(32)41-22/h9-16H,7-8,17-18H2,1-6H3. The molecular formula is C31H34BrClN2O7S. The Kier molecular flexibility index (Phi) is 9.68. The molecule has 0 saturated heterocycles. The van der Waals surface area contributed by atoms with Gasteiger partial charge < -0.3 is 18.5 Å². The first-order valence-corrected chi connectivity index (χ1v) is 16.3. The second-order valence-electron chi connectivity index (χ2n) is 11.0. The number of rotatable bonds is 10. The summed E-state index contributed by atoms with van der Waals surface area (Å²) < 4.78 is 46.5. The van der Waals surface area contributed by atoms with Crippen molar-refractivity contribution in [3.8, 4) is 0 Å². The van der Waals surface area contributed by atoms with Gasteiger partial charge in [0, 0.05) is 34.5 Å². The molecule has 0 N–H and O–H groups in total. The number of carbonyl (C=O) groups is 2. The van der Waals surface area contributed by atoms with Crippen molar-refractivity contribution in [3.63, 3.8) is 0 Å². The van der Waals surface area contributed by atoms with Crippen molar-refractivity contribution < 1.29 is 31.6 Å². The molecule has 1 amide bonds. The molecule has 4 rings (SSSR count). The SMILES string of the molecule is CCOC(=O)c1oc2ccc(S(=O)(=O)N(CC)c3ccc(Cl)cc3CN(Cc3ccc(Br)o3)C(=O)C(C)(C)C)cc2c1C. The number of hydrogen-bond acceptors (Lipinski definition) is 7. The van der Waals surface area contributed by atoms with Gasteiger partial charge in [0.15, 0.2) is 4.67 Å². The molecule has 0 saturated carbocycles. The monoisotopic (exact) mass is 692 g/mol. The number of nitrogens with zero attached hydrogens (tertiary/aromatic N) is 2. The molecule has 0 unspecified atom stereocenters. The summed E-state index contributed by atoms with van der Waals surface area (Å²) in [6, 6.07) is 12.9. The highest BCUT2D eigenvalue weighted by atomic mass is 79.9. The number of aryl methyl sites for hydroxylation is 1. The van der Waals surface area contributed by atoms with Crippen LogP contribution >= 0.6 is 27.5 Å². The third-order valence-corrected chi connectivity index (χ3v) is 9.37. The summed E-state index contributed by atoms with van der Waals surface area (Å²) in [5, 5.41) is 0.890. The molecule has 4 aromatic rings. The van der Waals surface area contributed by atoms with Crippen LogP contribution in [0.2, 0.25) is 5.02 Å². The predicted molar refractivity (Wildman–Crippen MR) is 169 cm³/mol. The van der Waals surface area contributed by atoms with Crippen LogP contribution in [0.1, 0.15) is 62.1 Å². The number of benzene rings is 2. The van der Waals surface area contributed by atoms with Crippen molar-refractivity contribution in [2.75, 3.05) is 17.5 Å². The third kappa shape index (κ3) is 6.94.